The maximum atomic E-state index is 13.3. The van der Waals surface area contributed by atoms with E-state index in [1.807, 2.05) is 53.8 Å². The van der Waals surface area contributed by atoms with Crippen molar-refractivity contribution in [2.75, 3.05) is 13.1 Å². The normalized spacial score (nSPS) is 14.2. The summed E-state index contributed by atoms with van der Waals surface area (Å²) in [5, 5.41) is 4.53. The van der Waals surface area contributed by atoms with Gasteiger partial charge in [-0.25, -0.2) is 14.1 Å². The van der Waals surface area contributed by atoms with E-state index in [-0.39, 0.29) is 17.6 Å². The Morgan fingerprint density at radius 3 is 2.46 bits per heavy atom. The van der Waals surface area contributed by atoms with Crippen LogP contribution in [0.3, 0.4) is 0 Å². The second kappa shape index (κ2) is 9.66. The first-order valence-electron chi connectivity index (χ1n) is 11.7. The number of aryl methyl sites for hydroxylation is 2. The molecule has 0 saturated carbocycles. The monoisotopic (exact) mass is 471 g/mol. The van der Waals surface area contributed by atoms with Crippen molar-refractivity contribution in [3.05, 3.63) is 95.5 Å². The first kappa shape index (κ1) is 22.7. The second-order valence-electron chi connectivity index (χ2n) is 8.76. The Hall–Kier alpha value is -4.07. The van der Waals surface area contributed by atoms with Gasteiger partial charge in [-0.1, -0.05) is 6.07 Å². The van der Waals surface area contributed by atoms with E-state index in [9.17, 15) is 9.18 Å². The first-order valence-corrected chi connectivity index (χ1v) is 11.7. The van der Waals surface area contributed by atoms with Gasteiger partial charge in [0.05, 0.1) is 11.4 Å². The molecule has 0 aliphatic carbocycles. The molecule has 0 bridgehead atoms. The van der Waals surface area contributed by atoms with Crippen LogP contribution in [0.1, 0.15) is 46.2 Å². The van der Waals surface area contributed by atoms with Crippen LogP contribution in [0.5, 0.6) is 11.6 Å². The third-order valence-corrected chi connectivity index (χ3v) is 6.24. The number of hydrogen-bond donors (Lipinski definition) is 0. The molecular formula is C27H26FN5O2. The lowest BCUT2D eigenvalue weighted by atomic mass is 9.93. The number of aromatic nitrogens is 4. The van der Waals surface area contributed by atoms with Crippen LogP contribution in [0.15, 0.2) is 67.0 Å². The van der Waals surface area contributed by atoms with Crippen molar-refractivity contribution >= 4 is 5.91 Å². The second-order valence-corrected chi connectivity index (χ2v) is 8.76. The van der Waals surface area contributed by atoms with E-state index >= 15 is 0 Å². The van der Waals surface area contributed by atoms with Crippen molar-refractivity contribution < 1.29 is 13.9 Å². The van der Waals surface area contributed by atoms with Gasteiger partial charge in [0.15, 0.2) is 0 Å². The molecule has 8 heteroatoms. The topological polar surface area (TPSA) is 73.1 Å². The Bertz CT molecular complexity index is 1340. The molecule has 2 aromatic heterocycles. The minimum Gasteiger partial charge on any atom is -0.437 e. The predicted octanol–water partition coefficient (Wildman–Crippen LogP) is 5.23. The van der Waals surface area contributed by atoms with Crippen molar-refractivity contribution in [3.63, 3.8) is 0 Å². The Balaban J connectivity index is 1.27. The van der Waals surface area contributed by atoms with Crippen LogP contribution in [0.4, 0.5) is 4.39 Å². The minimum atomic E-state index is -0.325. The van der Waals surface area contributed by atoms with Gasteiger partial charge >= 0.3 is 0 Å². The zero-order chi connectivity index (χ0) is 24.4. The number of likely N-dealkylation sites (tertiary alicyclic amines) is 1. The summed E-state index contributed by atoms with van der Waals surface area (Å²) in [5.41, 5.74) is 4.24. The molecule has 2 aromatic carbocycles. The van der Waals surface area contributed by atoms with E-state index in [2.05, 4.69) is 15.1 Å². The molecule has 1 saturated heterocycles. The maximum Gasteiger partial charge on any atom is 0.253 e. The fourth-order valence-corrected chi connectivity index (χ4v) is 4.51. The number of halogens is 1. The third kappa shape index (κ3) is 4.91. The van der Waals surface area contributed by atoms with E-state index in [0.717, 1.165) is 35.6 Å². The molecule has 7 nitrogen and oxygen atoms in total. The Labute approximate surface area is 203 Å². The largest absolute Gasteiger partial charge is 0.437 e. The van der Waals surface area contributed by atoms with Crippen LogP contribution in [0.2, 0.25) is 0 Å². The van der Waals surface area contributed by atoms with Crippen LogP contribution >= 0.6 is 0 Å². The Morgan fingerprint density at radius 1 is 1.00 bits per heavy atom. The van der Waals surface area contributed by atoms with Crippen LogP contribution < -0.4 is 4.74 Å². The molecule has 0 N–H and O–H groups in total. The highest BCUT2D eigenvalue weighted by molar-refractivity contribution is 5.94. The fraction of sp³-hybridized carbons (Fsp3) is 0.259. The summed E-state index contributed by atoms with van der Waals surface area (Å²) in [6.07, 6.45) is 4.73. The van der Waals surface area contributed by atoms with Gasteiger partial charge < -0.3 is 9.64 Å². The number of amides is 1. The molecule has 0 atom stereocenters. The van der Waals surface area contributed by atoms with E-state index in [1.54, 1.807) is 24.5 Å². The van der Waals surface area contributed by atoms with Gasteiger partial charge in [-0.15, -0.1) is 0 Å². The zero-order valence-electron chi connectivity index (χ0n) is 19.7. The number of carbonyl (C=O) groups is 1. The van der Waals surface area contributed by atoms with Gasteiger partial charge in [-0.2, -0.15) is 5.10 Å². The number of benzene rings is 2. The van der Waals surface area contributed by atoms with Gasteiger partial charge in [0.25, 0.3) is 5.91 Å². The van der Waals surface area contributed by atoms with Gasteiger partial charge in [0.2, 0.25) is 5.88 Å². The van der Waals surface area contributed by atoms with Gasteiger partial charge in [0, 0.05) is 42.7 Å². The molecule has 0 unspecified atom stereocenters. The van der Waals surface area contributed by atoms with Crippen LogP contribution in [-0.4, -0.2) is 43.6 Å². The summed E-state index contributed by atoms with van der Waals surface area (Å²) >= 11 is 0. The highest BCUT2D eigenvalue weighted by atomic mass is 19.1. The zero-order valence-corrected chi connectivity index (χ0v) is 19.7. The van der Waals surface area contributed by atoms with E-state index in [1.165, 1.54) is 12.1 Å². The number of hydrogen-bond acceptors (Lipinski definition) is 5. The van der Waals surface area contributed by atoms with Gasteiger partial charge in [0.1, 0.15) is 17.3 Å². The molecule has 0 radical (unpaired) electrons. The summed E-state index contributed by atoms with van der Waals surface area (Å²) in [4.78, 5) is 24.0. The van der Waals surface area contributed by atoms with Crippen molar-refractivity contribution in [2.24, 2.45) is 0 Å². The number of piperidine rings is 1. The maximum absolute atomic E-state index is 13.3. The molecular weight excluding hydrogens is 445 g/mol. The van der Waals surface area contributed by atoms with Crippen molar-refractivity contribution in [1.29, 1.82) is 0 Å². The molecule has 5 rings (SSSR count). The lowest BCUT2D eigenvalue weighted by Gasteiger charge is -2.32. The summed E-state index contributed by atoms with van der Waals surface area (Å²) < 4.78 is 21.0. The van der Waals surface area contributed by atoms with Crippen LogP contribution in [0, 0.1) is 19.7 Å². The lowest BCUT2D eigenvalue weighted by molar-refractivity contribution is 0.0711. The number of carbonyl (C=O) groups excluding carboxylic acids is 1. The molecule has 3 heterocycles. The summed E-state index contributed by atoms with van der Waals surface area (Å²) in [6, 6.07) is 15.4. The fourth-order valence-electron chi connectivity index (χ4n) is 4.51. The Morgan fingerprint density at radius 2 is 1.74 bits per heavy atom. The van der Waals surface area contributed by atoms with Crippen LogP contribution in [-0.2, 0) is 0 Å². The minimum absolute atomic E-state index is 0.00811. The standard InChI is InChI=1S/C27H26FN5O2/c1-18-16-19(2)33(31-18)23-5-3-4-21(17-23)27(34)32-14-10-20(11-15-32)25-26(30-13-12-29-25)35-24-8-6-22(28)7-9-24/h3-9,12-13,16-17,20H,10-11,14-15H2,1-2H3. The molecule has 35 heavy (non-hydrogen) atoms. The Kier molecular flexibility index (Phi) is 6.27. The molecule has 1 aliphatic heterocycles. The number of nitrogens with zero attached hydrogens (tertiary/aromatic N) is 5. The van der Waals surface area contributed by atoms with E-state index < -0.39 is 0 Å². The number of ether oxygens (including phenoxy) is 1. The van der Waals surface area contributed by atoms with Gasteiger partial charge in [-0.05, 0) is 75.2 Å². The molecule has 1 fully saturated rings. The van der Waals surface area contributed by atoms with E-state index in [4.69, 9.17) is 4.74 Å². The average molecular weight is 472 g/mol. The predicted molar refractivity (Wildman–Crippen MR) is 129 cm³/mol. The lowest BCUT2D eigenvalue weighted by Crippen LogP contribution is -2.38. The number of rotatable bonds is 5. The third-order valence-electron chi connectivity index (χ3n) is 6.24. The smallest absolute Gasteiger partial charge is 0.253 e. The molecule has 178 valence electrons. The summed E-state index contributed by atoms with van der Waals surface area (Å²) in [7, 11) is 0. The molecule has 1 amide bonds. The highest BCUT2D eigenvalue weighted by Gasteiger charge is 2.28. The average Bonchev–Trinajstić information content (AvgIpc) is 3.23. The van der Waals surface area contributed by atoms with Crippen LogP contribution in [0.25, 0.3) is 5.69 Å². The molecule has 0 spiro atoms. The van der Waals surface area contributed by atoms with E-state index in [0.29, 0.717) is 30.3 Å². The highest BCUT2D eigenvalue weighted by Crippen LogP contribution is 2.34. The van der Waals surface area contributed by atoms with Crippen molar-refractivity contribution in [3.8, 4) is 17.3 Å². The molecule has 4 aromatic rings. The molecule has 1 aliphatic rings. The summed E-state index contributed by atoms with van der Waals surface area (Å²) in [6.45, 7) is 5.18. The quantitative estimate of drug-likeness (QED) is 0.399. The van der Waals surface area contributed by atoms with Crippen molar-refractivity contribution in [2.45, 2.75) is 32.6 Å². The first-order chi connectivity index (χ1) is 17.0. The van der Waals surface area contributed by atoms with Gasteiger partial charge in [-0.3, -0.25) is 9.78 Å². The SMILES string of the molecule is Cc1cc(C)n(-c2cccc(C(=O)N3CCC(c4nccnc4Oc4ccc(F)cc4)CC3)c2)n1. The van der Waals surface area contributed by atoms with Crippen molar-refractivity contribution in [1.82, 2.24) is 24.6 Å². The summed E-state index contributed by atoms with van der Waals surface area (Å²) in [5.74, 6) is 0.719.